The minimum absolute atomic E-state index is 0.180. The molecule has 20 heavy (non-hydrogen) atoms. The molecule has 0 spiro atoms. The molecule has 1 aromatic carbocycles. The first kappa shape index (κ1) is 14.0. The van der Waals surface area contributed by atoms with Crippen LogP contribution in [0.25, 0.3) is 10.9 Å². The van der Waals surface area contributed by atoms with Gasteiger partial charge in [-0.3, -0.25) is 4.79 Å². The fourth-order valence-electron chi connectivity index (χ4n) is 2.07. The highest BCUT2D eigenvalue weighted by molar-refractivity contribution is 5.93. The number of aromatic nitrogens is 1. The van der Waals surface area contributed by atoms with Crippen LogP contribution < -0.4 is 11.2 Å². The summed E-state index contributed by atoms with van der Waals surface area (Å²) in [7, 11) is 0. The van der Waals surface area contributed by atoms with E-state index in [1.807, 2.05) is 0 Å². The number of benzene rings is 1. The van der Waals surface area contributed by atoms with Gasteiger partial charge >= 0.3 is 5.97 Å². The van der Waals surface area contributed by atoms with Crippen molar-refractivity contribution in [2.45, 2.75) is 19.9 Å². The second kappa shape index (κ2) is 4.92. The SMILES string of the molecule is CCCn1cc(C(=O)O)c(=O)c2cc(F)c(N)c(F)c21. The number of anilines is 1. The molecule has 0 saturated carbocycles. The van der Waals surface area contributed by atoms with Crippen LogP contribution in [0.3, 0.4) is 0 Å². The highest BCUT2D eigenvalue weighted by Gasteiger charge is 2.20. The average Bonchev–Trinajstić information content (AvgIpc) is 2.39. The summed E-state index contributed by atoms with van der Waals surface area (Å²) in [5.74, 6) is -3.58. The van der Waals surface area contributed by atoms with Crippen molar-refractivity contribution in [3.8, 4) is 0 Å². The van der Waals surface area contributed by atoms with Crippen LogP contribution in [0.15, 0.2) is 17.1 Å². The standard InChI is InChI=1S/C13H12F2N2O3/c1-2-3-17-5-7(13(19)20)12(18)6-4-8(14)10(16)9(15)11(6)17/h4-5H,2-3,16H2,1H3,(H,19,20). The summed E-state index contributed by atoms with van der Waals surface area (Å²) >= 11 is 0. The lowest BCUT2D eigenvalue weighted by Crippen LogP contribution is -2.20. The van der Waals surface area contributed by atoms with Crippen molar-refractivity contribution in [2.75, 3.05) is 5.73 Å². The number of carboxylic acid groups (broad SMARTS) is 1. The maximum absolute atomic E-state index is 14.1. The maximum atomic E-state index is 14.1. The van der Waals surface area contributed by atoms with E-state index in [2.05, 4.69) is 0 Å². The lowest BCUT2D eigenvalue weighted by molar-refractivity contribution is 0.0694. The fraction of sp³-hybridized carbons (Fsp3) is 0.231. The number of nitrogen functional groups attached to an aromatic ring is 1. The third kappa shape index (κ3) is 2.01. The summed E-state index contributed by atoms with van der Waals surface area (Å²) in [4.78, 5) is 23.0. The van der Waals surface area contributed by atoms with Crippen molar-refractivity contribution in [3.05, 3.63) is 39.7 Å². The normalized spacial score (nSPS) is 10.9. The van der Waals surface area contributed by atoms with Gasteiger partial charge in [0.25, 0.3) is 0 Å². The number of aromatic carboxylic acids is 1. The highest BCUT2D eigenvalue weighted by atomic mass is 19.1. The van der Waals surface area contributed by atoms with E-state index in [4.69, 9.17) is 10.8 Å². The number of nitrogens with two attached hydrogens (primary N) is 1. The monoisotopic (exact) mass is 282 g/mol. The molecular weight excluding hydrogens is 270 g/mol. The van der Waals surface area contributed by atoms with Crippen LogP contribution in [-0.4, -0.2) is 15.6 Å². The molecule has 0 amide bonds. The second-order valence-corrected chi connectivity index (χ2v) is 4.35. The Labute approximate surface area is 112 Å². The molecule has 0 aliphatic heterocycles. The summed E-state index contributed by atoms with van der Waals surface area (Å²) in [6.45, 7) is 2.08. The number of nitrogens with zero attached hydrogens (tertiary/aromatic N) is 1. The molecule has 0 bridgehead atoms. The number of carbonyl (C=O) groups is 1. The van der Waals surface area contributed by atoms with E-state index in [0.29, 0.717) is 6.42 Å². The number of rotatable bonds is 3. The van der Waals surface area contributed by atoms with Gasteiger partial charge in [-0.1, -0.05) is 6.92 Å². The molecule has 7 heteroatoms. The molecule has 0 atom stereocenters. The minimum Gasteiger partial charge on any atom is -0.477 e. The van der Waals surface area contributed by atoms with E-state index < -0.39 is 34.3 Å². The minimum atomic E-state index is -1.45. The third-order valence-corrected chi connectivity index (χ3v) is 2.98. The Balaban J connectivity index is 3.02. The van der Waals surface area contributed by atoms with Crippen LogP contribution in [0, 0.1) is 11.6 Å². The van der Waals surface area contributed by atoms with Crippen molar-refractivity contribution in [1.82, 2.24) is 4.57 Å². The van der Waals surface area contributed by atoms with Gasteiger partial charge in [-0.2, -0.15) is 0 Å². The number of aryl methyl sites for hydroxylation is 1. The van der Waals surface area contributed by atoms with Gasteiger partial charge in [0, 0.05) is 12.7 Å². The first-order valence-corrected chi connectivity index (χ1v) is 5.92. The zero-order chi connectivity index (χ0) is 15.0. The van der Waals surface area contributed by atoms with Crippen molar-refractivity contribution in [1.29, 1.82) is 0 Å². The number of fused-ring (bicyclic) bond motifs is 1. The van der Waals surface area contributed by atoms with E-state index in [1.165, 1.54) is 4.57 Å². The predicted octanol–water partition coefficient (Wildman–Crippen LogP) is 1.97. The molecule has 0 radical (unpaired) electrons. The summed E-state index contributed by atoms with van der Waals surface area (Å²) in [6, 6.07) is 0.772. The summed E-state index contributed by atoms with van der Waals surface area (Å²) in [5, 5.41) is 8.65. The quantitative estimate of drug-likeness (QED) is 0.843. The molecule has 0 aliphatic rings. The molecule has 0 aliphatic carbocycles. The molecule has 106 valence electrons. The summed E-state index contributed by atoms with van der Waals surface area (Å²) in [5.41, 5.74) is 2.94. The van der Waals surface area contributed by atoms with E-state index >= 15 is 0 Å². The zero-order valence-corrected chi connectivity index (χ0v) is 10.6. The van der Waals surface area contributed by atoms with Crippen molar-refractivity contribution < 1.29 is 18.7 Å². The van der Waals surface area contributed by atoms with Crippen LogP contribution in [0.1, 0.15) is 23.7 Å². The molecule has 2 rings (SSSR count). The highest BCUT2D eigenvalue weighted by Crippen LogP contribution is 2.24. The number of halogens is 2. The Morgan fingerprint density at radius 2 is 2.10 bits per heavy atom. The summed E-state index contributed by atoms with van der Waals surface area (Å²) in [6.07, 6.45) is 1.63. The average molecular weight is 282 g/mol. The maximum Gasteiger partial charge on any atom is 0.341 e. The van der Waals surface area contributed by atoms with Gasteiger partial charge in [0.2, 0.25) is 5.43 Å². The van der Waals surface area contributed by atoms with Crippen molar-refractivity contribution >= 4 is 22.6 Å². The Bertz CT molecular complexity index is 769. The van der Waals surface area contributed by atoms with Gasteiger partial charge in [-0.15, -0.1) is 0 Å². The first-order chi connectivity index (χ1) is 9.38. The van der Waals surface area contributed by atoms with E-state index in [-0.39, 0.29) is 17.4 Å². The van der Waals surface area contributed by atoms with Gasteiger partial charge < -0.3 is 15.4 Å². The van der Waals surface area contributed by atoms with Crippen LogP contribution in [0.4, 0.5) is 14.5 Å². The Morgan fingerprint density at radius 3 is 2.65 bits per heavy atom. The number of carboxylic acids is 1. The van der Waals surface area contributed by atoms with Crippen molar-refractivity contribution in [2.24, 2.45) is 0 Å². The molecule has 2 aromatic rings. The Kier molecular flexibility index (Phi) is 3.44. The zero-order valence-electron chi connectivity index (χ0n) is 10.6. The van der Waals surface area contributed by atoms with Gasteiger partial charge in [-0.05, 0) is 12.5 Å². The molecule has 1 heterocycles. The lowest BCUT2D eigenvalue weighted by Gasteiger charge is -2.13. The van der Waals surface area contributed by atoms with Crippen molar-refractivity contribution in [3.63, 3.8) is 0 Å². The molecular formula is C13H12F2N2O3. The van der Waals surface area contributed by atoms with Crippen LogP contribution in [-0.2, 0) is 6.54 Å². The first-order valence-electron chi connectivity index (χ1n) is 5.92. The molecule has 1 aromatic heterocycles. The van der Waals surface area contributed by atoms with Gasteiger partial charge in [0.05, 0.1) is 10.9 Å². The van der Waals surface area contributed by atoms with Crippen LogP contribution in [0.5, 0.6) is 0 Å². The largest absolute Gasteiger partial charge is 0.477 e. The van der Waals surface area contributed by atoms with E-state index in [9.17, 15) is 18.4 Å². The van der Waals surface area contributed by atoms with Gasteiger partial charge in [0.15, 0.2) is 5.82 Å². The molecule has 0 fully saturated rings. The van der Waals surface area contributed by atoms with E-state index in [1.54, 1.807) is 6.92 Å². The third-order valence-electron chi connectivity index (χ3n) is 2.98. The second-order valence-electron chi connectivity index (χ2n) is 4.35. The Morgan fingerprint density at radius 1 is 1.45 bits per heavy atom. The number of pyridine rings is 1. The van der Waals surface area contributed by atoms with Crippen LogP contribution in [0.2, 0.25) is 0 Å². The van der Waals surface area contributed by atoms with Crippen LogP contribution >= 0.6 is 0 Å². The molecule has 0 unspecified atom stereocenters. The van der Waals surface area contributed by atoms with E-state index in [0.717, 1.165) is 12.3 Å². The fourth-order valence-corrected chi connectivity index (χ4v) is 2.07. The number of hydrogen-bond donors (Lipinski definition) is 2. The predicted molar refractivity (Wildman–Crippen MR) is 69.8 cm³/mol. The molecule has 0 saturated heterocycles. The molecule has 5 nitrogen and oxygen atoms in total. The van der Waals surface area contributed by atoms with Gasteiger partial charge in [0.1, 0.15) is 17.1 Å². The summed E-state index contributed by atoms with van der Waals surface area (Å²) < 4.78 is 28.8. The molecule has 3 N–H and O–H groups in total. The lowest BCUT2D eigenvalue weighted by atomic mass is 10.1. The number of hydrogen-bond acceptors (Lipinski definition) is 3. The smallest absolute Gasteiger partial charge is 0.341 e. The van der Waals surface area contributed by atoms with Gasteiger partial charge in [-0.25, -0.2) is 13.6 Å². The Hall–Kier alpha value is -2.44. The topological polar surface area (TPSA) is 85.3 Å².